The van der Waals surface area contributed by atoms with Crippen molar-refractivity contribution in [2.24, 2.45) is 0 Å². The van der Waals surface area contributed by atoms with E-state index in [0.29, 0.717) is 25.6 Å². The highest BCUT2D eigenvalue weighted by molar-refractivity contribution is 5.88. The Balaban J connectivity index is 1.36. The number of nitrogens with zero attached hydrogens (tertiary/aromatic N) is 3. The Morgan fingerprint density at radius 2 is 1.82 bits per heavy atom. The number of carbonyl (C=O) groups excluding carboxylic acids is 1. The van der Waals surface area contributed by atoms with Gasteiger partial charge in [0.25, 0.3) is 0 Å². The molecule has 3 heterocycles. The van der Waals surface area contributed by atoms with Crippen LogP contribution in [0.2, 0.25) is 0 Å². The van der Waals surface area contributed by atoms with E-state index in [0.717, 1.165) is 49.2 Å². The van der Waals surface area contributed by atoms with Gasteiger partial charge in [-0.1, -0.05) is 48.0 Å². The van der Waals surface area contributed by atoms with Crippen molar-refractivity contribution in [3.63, 3.8) is 0 Å². The molecule has 1 aromatic heterocycles. The van der Waals surface area contributed by atoms with Crippen molar-refractivity contribution in [1.29, 1.82) is 0 Å². The van der Waals surface area contributed by atoms with Crippen molar-refractivity contribution in [2.45, 2.75) is 43.9 Å². The molecule has 1 unspecified atom stereocenters. The number of rotatable bonds is 5. The van der Waals surface area contributed by atoms with Gasteiger partial charge < -0.3 is 14.4 Å². The van der Waals surface area contributed by atoms with Gasteiger partial charge in [-0.05, 0) is 50.3 Å². The minimum absolute atomic E-state index is 0.138. The zero-order chi connectivity index (χ0) is 23.4. The Hall–Kier alpha value is -3.25. The first kappa shape index (κ1) is 22.5. The third-order valence-corrected chi connectivity index (χ3v) is 7.08. The minimum atomic E-state index is -0.516. The number of benzene rings is 2. The second kappa shape index (κ2) is 9.94. The summed E-state index contributed by atoms with van der Waals surface area (Å²) in [5.41, 5.74) is 2.67. The lowest BCUT2D eigenvalue weighted by molar-refractivity contribution is -0.142. The number of likely N-dealkylation sites (tertiary alicyclic amines) is 1. The number of hydrogen-bond donors (Lipinski definition) is 0. The van der Waals surface area contributed by atoms with Gasteiger partial charge in [-0.25, -0.2) is 4.98 Å². The lowest BCUT2D eigenvalue weighted by Gasteiger charge is -2.42. The zero-order valence-electron chi connectivity index (χ0n) is 19.7. The van der Waals surface area contributed by atoms with Crippen LogP contribution in [-0.4, -0.2) is 47.1 Å². The van der Waals surface area contributed by atoms with Crippen LogP contribution in [0.5, 0.6) is 11.6 Å². The molecule has 3 aromatic rings. The topological polar surface area (TPSA) is 64.6 Å². The van der Waals surface area contributed by atoms with E-state index in [2.05, 4.69) is 36.2 Å². The molecule has 1 atom stereocenters. The number of carbonyl (C=O) groups is 1. The Kier molecular flexibility index (Phi) is 6.59. The molecule has 6 heteroatoms. The molecule has 0 aliphatic carbocycles. The van der Waals surface area contributed by atoms with Gasteiger partial charge in [-0.2, -0.15) is 0 Å². The van der Waals surface area contributed by atoms with Crippen LogP contribution >= 0.6 is 0 Å². The van der Waals surface area contributed by atoms with Gasteiger partial charge in [-0.3, -0.25) is 9.78 Å². The number of para-hydroxylation sites is 1. The summed E-state index contributed by atoms with van der Waals surface area (Å²) < 4.78 is 11.6. The molecule has 5 rings (SSSR count). The van der Waals surface area contributed by atoms with Crippen LogP contribution in [0, 0.1) is 6.92 Å². The second-order valence-corrected chi connectivity index (χ2v) is 9.35. The summed E-state index contributed by atoms with van der Waals surface area (Å²) in [6.07, 6.45) is 6.81. The Labute approximate surface area is 201 Å². The van der Waals surface area contributed by atoms with Crippen molar-refractivity contribution in [3.8, 4) is 11.6 Å². The molecule has 2 aliphatic rings. The van der Waals surface area contributed by atoms with Crippen LogP contribution in [0.3, 0.4) is 0 Å². The second-order valence-electron chi connectivity index (χ2n) is 9.35. The summed E-state index contributed by atoms with van der Waals surface area (Å²) in [5, 5.41) is 0. The predicted octanol–water partition coefficient (Wildman–Crippen LogP) is 5.03. The molecule has 2 saturated heterocycles. The maximum absolute atomic E-state index is 14.1. The third-order valence-electron chi connectivity index (χ3n) is 7.08. The zero-order valence-corrected chi connectivity index (χ0v) is 19.7. The molecule has 0 saturated carbocycles. The fourth-order valence-electron chi connectivity index (χ4n) is 5.14. The highest BCUT2D eigenvalue weighted by Crippen LogP contribution is 2.39. The van der Waals surface area contributed by atoms with Gasteiger partial charge in [0.2, 0.25) is 11.8 Å². The van der Waals surface area contributed by atoms with Gasteiger partial charge in [0, 0.05) is 38.4 Å². The van der Waals surface area contributed by atoms with Crippen LogP contribution in [0.25, 0.3) is 0 Å². The average Bonchev–Trinajstić information content (AvgIpc) is 2.90. The SMILES string of the molecule is Cc1ccc(C2(C(=O)N3CCCC(c4cncc(Oc5ccccc5)n4)C3)CCOCC2)cc1. The molecule has 0 spiro atoms. The van der Waals surface area contributed by atoms with Crippen molar-refractivity contribution in [2.75, 3.05) is 26.3 Å². The van der Waals surface area contributed by atoms with Gasteiger partial charge in [0.15, 0.2) is 0 Å². The van der Waals surface area contributed by atoms with Gasteiger partial charge in [0.1, 0.15) is 5.75 Å². The molecule has 0 N–H and O–H groups in total. The molecule has 2 aromatic carbocycles. The normalized spacial score (nSPS) is 20.0. The van der Waals surface area contributed by atoms with Gasteiger partial charge in [-0.15, -0.1) is 0 Å². The Bertz CT molecular complexity index is 1110. The number of piperidine rings is 1. The molecule has 34 heavy (non-hydrogen) atoms. The molecule has 0 bridgehead atoms. The maximum atomic E-state index is 14.1. The van der Waals surface area contributed by atoms with E-state index in [1.165, 1.54) is 5.56 Å². The van der Waals surface area contributed by atoms with E-state index in [1.54, 1.807) is 12.4 Å². The summed E-state index contributed by atoms with van der Waals surface area (Å²) in [6.45, 7) is 4.73. The number of hydrogen-bond acceptors (Lipinski definition) is 5. The molecule has 1 amide bonds. The van der Waals surface area contributed by atoms with Crippen LogP contribution < -0.4 is 4.74 Å². The minimum Gasteiger partial charge on any atom is -0.437 e. The first-order chi connectivity index (χ1) is 16.6. The van der Waals surface area contributed by atoms with Crippen LogP contribution in [0.4, 0.5) is 0 Å². The van der Waals surface area contributed by atoms with E-state index in [-0.39, 0.29) is 11.8 Å². The van der Waals surface area contributed by atoms with E-state index < -0.39 is 5.41 Å². The van der Waals surface area contributed by atoms with E-state index in [9.17, 15) is 4.79 Å². The lowest BCUT2D eigenvalue weighted by atomic mass is 9.72. The van der Waals surface area contributed by atoms with E-state index in [4.69, 9.17) is 14.5 Å². The summed E-state index contributed by atoms with van der Waals surface area (Å²) in [6, 6.07) is 18.0. The van der Waals surface area contributed by atoms with E-state index in [1.807, 2.05) is 35.2 Å². The third kappa shape index (κ3) is 4.68. The highest BCUT2D eigenvalue weighted by atomic mass is 16.5. The molecule has 0 radical (unpaired) electrons. The summed E-state index contributed by atoms with van der Waals surface area (Å²) >= 11 is 0. The average molecular weight is 458 g/mol. The molecular formula is C28H31N3O3. The fourth-order valence-corrected chi connectivity index (χ4v) is 5.14. The highest BCUT2D eigenvalue weighted by Gasteiger charge is 2.45. The molecule has 2 fully saturated rings. The van der Waals surface area contributed by atoms with Crippen LogP contribution in [-0.2, 0) is 14.9 Å². The summed E-state index contributed by atoms with van der Waals surface area (Å²) in [7, 11) is 0. The van der Waals surface area contributed by atoms with Crippen molar-refractivity contribution >= 4 is 5.91 Å². The molecule has 2 aliphatic heterocycles. The van der Waals surface area contributed by atoms with Gasteiger partial charge in [0.05, 0.1) is 17.3 Å². The van der Waals surface area contributed by atoms with Crippen molar-refractivity contribution in [3.05, 3.63) is 83.8 Å². The molecule has 6 nitrogen and oxygen atoms in total. The Morgan fingerprint density at radius 1 is 1.06 bits per heavy atom. The quantitative estimate of drug-likeness (QED) is 0.538. The van der Waals surface area contributed by atoms with Gasteiger partial charge >= 0.3 is 0 Å². The lowest BCUT2D eigenvalue weighted by Crippen LogP contribution is -2.52. The monoisotopic (exact) mass is 457 g/mol. The van der Waals surface area contributed by atoms with Crippen LogP contribution in [0.1, 0.15) is 48.4 Å². The largest absolute Gasteiger partial charge is 0.437 e. The number of amides is 1. The Morgan fingerprint density at radius 3 is 2.59 bits per heavy atom. The predicted molar refractivity (Wildman–Crippen MR) is 130 cm³/mol. The molecule has 176 valence electrons. The fraction of sp³-hybridized carbons (Fsp3) is 0.393. The summed E-state index contributed by atoms with van der Waals surface area (Å²) in [5.74, 6) is 1.56. The standard InChI is InChI=1S/C28H31N3O3/c1-21-9-11-23(12-10-21)28(13-16-33-17-14-28)27(32)31-15-5-6-22(20-31)25-18-29-19-26(30-25)34-24-7-3-2-4-8-24/h2-4,7-12,18-19,22H,5-6,13-17,20H2,1H3. The van der Waals surface area contributed by atoms with Crippen LogP contribution in [0.15, 0.2) is 67.0 Å². The first-order valence-corrected chi connectivity index (χ1v) is 12.1. The van der Waals surface area contributed by atoms with Crippen molar-refractivity contribution in [1.82, 2.24) is 14.9 Å². The smallest absolute Gasteiger partial charge is 0.238 e. The summed E-state index contributed by atoms with van der Waals surface area (Å²) in [4.78, 5) is 25.2. The number of aryl methyl sites for hydroxylation is 1. The molecular weight excluding hydrogens is 426 g/mol. The van der Waals surface area contributed by atoms with Crippen molar-refractivity contribution < 1.29 is 14.3 Å². The maximum Gasteiger partial charge on any atom is 0.238 e. The first-order valence-electron chi connectivity index (χ1n) is 12.1. The number of aromatic nitrogens is 2. The van der Waals surface area contributed by atoms with E-state index >= 15 is 0 Å². The number of ether oxygens (including phenoxy) is 2.